The summed E-state index contributed by atoms with van der Waals surface area (Å²) in [7, 11) is -0.952. The van der Waals surface area contributed by atoms with Crippen LogP contribution in [0.15, 0.2) is 22.7 Å². The Morgan fingerprint density at radius 3 is 1.75 bits per heavy atom. The number of carbonyl (C=O) groups excluding carboxylic acids is 1. The number of hydrogen-bond donors (Lipinski definition) is 1. The molecule has 11 heteroatoms. The zero-order chi connectivity index (χ0) is 24.1. The highest BCUT2D eigenvalue weighted by Gasteiger charge is 2.63. The number of thiazole rings is 1. The van der Waals surface area contributed by atoms with Crippen LogP contribution in [0.25, 0.3) is 10.2 Å². The molecule has 174 valence electrons. The van der Waals surface area contributed by atoms with Crippen LogP contribution in [0.2, 0.25) is 0 Å². The van der Waals surface area contributed by atoms with E-state index in [0.717, 1.165) is 14.7 Å². The summed E-state index contributed by atoms with van der Waals surface area (Å²) in [6, 6.07) is 5.83. The molecule has 0 atom stereocenters. The van der Waals surface area contributed by atoms with Crippen LogP contribution < -0.4 is 5.32 Å². The Balaban J connectivity index is 0.000000186. The molecule has 32 heavy (non-hydrogen) atoms. The Kier molecular flexibility index (Phi) is 6.95. The van der Waals surface area contributed by atoms with Crippen LogP contribution >= 0.6 is 27.3 Å². The summed E-state index contributed by atoms with van der Waals surface area (Å²) >= 11 is 4.85. The second-order valence-corrected chi connectivity index (χ2v) is 12.0. The lowest BCUT2D eigenvalue weighted by atomic mass is 9.49. The monoisotopic (exact) mass is 524 g/mol. The van der Waals surface area contributed by atoms with Gasteiger partial charge in [0.1, 0.15) is 0 Å². The first kappa shape index (κ1) is 25.6. The SMILES string of the molecule is CC(=O)Nc1nc2ccc(Br)cc2s1.CC1(C)OB(B2OC(C)(C)C(C)(C)O2)OC1(C)C. The van der Waals surface area contributed by atoms with Crippen molar-refractivity contribution in [3.05, 3.63) is 22.7 Å². The molecule has 1 amide bonds. The van der Waals surface area contributed by atoms with Gasteiger partial charge in [0, 0.05) is 11.4 Å². The molecule has 0 aliphatic carbocycles. The summed E-state index contributed by atoms with van der Waals surface area (Å²) < 4.78 is 25.9. The lowest BCUT2D eigenvalue weighted by Crippen LogP contribution is -2.41. The number of nitrogens with zero attached hydrogens (tertiary/aromatic N) is 1. The molecule has 7 nitrogen and oxygen atoms in total. The van der Waals surface area contributed by atoms with Gasteiger partial charge in [-0.1, -0.05) is 27.3 Å². The Morgan fingerprint density at radius 1 is 0.906 bits per heavy atom. The molecule has 1 N–H and O–H groups in total. The largest absolute Gasteiger partial charge is 0.488 e. The maximum Gasteiger partial charge on any atom is 0.488 e. The molecule has 0 unspecified atom stereocenters. The Hall–Kier alpha value is -0.970. The number of benzene rings is 1. The van der Waals surface area contributed by atoms with Gasteiger partial charge in [0.25, 0.3) is 0 Å². The molecule has 2 aliphatic heterocycles. The van der Waals surface area contributed by atoms with Crippen LogP contribution in [0.5, 0.6) is 0 Å². The van der Waals surface area contributed by atoms with Gasteiger partial charge < -0.3 is 23.9 Å². The highest BCUT2D eigenvalue weighted by Crippen LogP contribution is 2.42. The van der Waals surface area contributed by atoms with Gasteiger partial charge >= 0.3 is 14.0 Å². The fourth-order valence-corrected chi connectivity index (χ4v) is 4.57. The third-order valence-corrected chi connectivity index (χ3v) is 7.83. The van der Waals surface area contributed by atoms with Gasteiger partial charge in [-0.15, -0.1) is 0 Å². The predicted molar refractivity (Wildman–Crippen MR) is 134 cm³/mol. The summed E-state index contributed by atoms with van der Waals surface area (Å²) in [5, 5.41) is 3.31. The van der Waals surface area contributed by atoms with E-state index >= 15 is 0 Å². The van der Waals surface area contributed by atoms with Crippen molar-refractivity contribution < 1.29 is 23.4 Å². The van der Waals surface area contributed by atoms with Crippen LogP contribution in [-0.2, 0) is 23.4 Å². The van der Waals surface area contributed by atoms with Gasteiger partial charge in [0.05, 0.1) is 32.6 Å². The molecule has 2 aromatic rings. The lowest BCUT2D eigenvalue weighted by molar-refractivity contribution is -0.114. The summed E-state index contributed by atoms with van der Waals surface area (Å²) in [5.41, 5.74) is -0.535. The number of hydrogen-bond acceptors (Lipinski definition) is 7. The molecule has 0 spiro atoms. The molecule has 4 rings (SSSR count). The molecular weight excluding hydrogens is 494 g/mol. The summed E-state index contributed by atoms with van der Waals surface area (Å²) in [6.07, 6.45) is 0. The number of carbonyl (C=O) groups is 1. The van der Waals surface area contributed by atoms with Gasteiger partial charge in [0.15, 0.2) is 5.13 Å². The number of aromatic nitrogens is 1. The minimum absolute atomic E-state index is 0.0943. The third kappa shape index (κ3) is 5.23. The lowest BCUT2D eigenvalue weighted by Gasteiger charge is -2.32. The number of nitrogens with one attached hydrogen (secondary N) is 1. The Bertz CT molecular complexity index is 945. The van der Waals surface area contributed by atoms with Crippen molar-refractivity contribution >= 4 is 62.5 Å². The number of rotatable bonds is 2. The molecule has 1 aromatic carbocycles. The maximum absolute atomic E-state index is 10.8. The molecule has 0 bridgehead atoms. The fourth-order valence-electron chi connectivity index (χ4n) is 3.10. The second kappa shape index (κ2) is 8.67. The first-order valence-corrected chi connectivity index (χ1v) is 12.2. The van der Waals surface area contributed by atoms with Gasteiger partial charge in [-0.3, -0.25) is 4.79 Å². The van der Waals surface area contributed by atoms with E-state index < -0.39 is 14.0 Å². The van der Waals surface area contributed by atoms with E-state index in [9.17, 15) is 4.79 Å². The molecule has 0 saturated carbocycles. The van der Waals surface area contributed by atoms with Gasteiger partial charge in [-0.05, 0) is 73.6 Å². The molecule has 2 saturated heterocycles. The number of amides is 1. The van der Waals surface area contributed by atoms with Crippen molar-refractivity contribution in [1.29, 1.82) is 0 Å². The second-order valence-electron chi connectivity index (χ2n) is 10.1. The summed E-state index contributed by atoms with van der Waals surface area (Å²) in [4.78, 5) is 15.1. The smallest absolute Gasteiger partial charge is 0.405 e. The minimum atomic E-state index is -0.476. The van der Waals surface area contributed by atoms with Crippen molar-refractivity contribution in [2.75, 3.05) is 5.32 Å². The van der Waals surface area contributed by atoms with Gasteiger partial charge in [-0.2, -0.15) is 0 Å². The first-order chi connectivity index (χ1) is 14.5. The van der Waals surface area contributed by atoms with Crippen LogP contribution in [0.4, 0.5) is 5.13 Å². The molecule has 3 heterocycles. The van der Waals surface area contributed by atoms with E-state index in [1.165, 1.54) is 18.3 Å². The molecule has 2 fully saturated rings. The van der Waals surface area contributed by atoms with Crippen LogP contribution in [0, 0.1) is 0 Å². The zero-order valence-electron chi connectivity index (χ0n) is 20.2. The number of anilines is 1. The highest BCUT2D eigenvalue weighted by atomic mass is 79.9. The van der Waals surface area contributed by atoms with E-state index in [1.54, 1.807) is 0 Å². The zero-order valence-corrected chi connectivity index (χ0v) is 22.6. The van der Waals surface area contributed by atoms with E-state index in [1.807, 2.05) is 73.6 Å². The first-order valence-electron chi connectivity index (χ1n) is 10.6. The molecule has 2 aliphatic rings. The average molecular weight is 525 g/mol. The molecule has 0 radical (unpaired) electrons. The highest BCUT2D eigenvalue weighted by molar-refractivity contribution is 9.10. The number of fused-ring (bicyclic) bond motifs is 1. The number of halogens is 1. The van der Waals surface area contributed by atoms with Gasteiger partial charge in [0.2, 0.25) is 5.91 Å². The average Bonchev–Trinajstić information content (AvgIpc) is 3.17. The van der Waals surface area contributed by atoms with Crippen molar-refractivity contribution in [3.63, 3.8) is 0 Å². The maximum atomic E-state index is 10.8. The fraction of sp³-hybridized carbons (Fsp3) is 0.619. The topological polar surface area (TPSA) is 78.9 Å². The quantitative estimate of drug-likeness (QED) is 0.539. The van der Waals surface area contributed by atoms with Crippen molar-refractivity contribution in [1.82, 2.24) is 4.98 Å². The standard InChI is InChI=1S/C12H24B2O4.C9H7BrN2OS/c1-9(2)10(3,4)16-13(15-9)14-17-11(5,6)12(7,8)18-14;1-5(13)11-9-12-7-3-2-6(10)4-8(7)14-9/h1-8H3;2-4H,1H3,(H,11,12,13). The molecular formula is C21H31B2BrN2O5S. The van der Waals surface area contributed by atoms with Crippen LogP contribution in [-0.4, -0.2) is 47.3 Å². The van der Waals surface area contributed by atoms with Crippen molar-refractivity contribution in [3.8, 4) is 0 Å². The third-order valence-electron chi connectivity index (χ3n) is 6.40. The summed E-state index contributed by atoms with van der Waals surface area (Å²) in [5.74, 6) is -0.0943. The summed E-state index contributed by atoms with van der Waals surface area (Å²) in [6.45, 7) is 17.7. The molecule has 1 aromatic heterocycles. The van der Waals surface area contributed by atoms with E-state index in [0.29, 0.717) is 5.13 Å². The van der Waals surface area contributed by atoms with Crippen LogP contribution in [0.3, 0.4) is 0 Å². The van der Waals surface area contributed by atoms with Crippen molar-refractivity contribution in [2.24, 2.45) is 0 Å². The van der Waals surface area contributed by atoms with Crippen molar-refractivity contribution in [2.45, 2.75) is 84.7 Å². The van der Waals surface area contributed by atoms with E-state index in [-0.39, 0.29) is 28.3 Å². The normalized spacial score (nSPS) is 22.6. The minimum Gasteiger partial charge on any atom is -0.405 e. The van der Waals surface area contributed by atoms with Crippen LogP contribution in [0.1, 0.15) is 62.3 Å². The predicted octanol–water partition coefficient (Wildman–Crippen LogP) is 5.27. The van der Waals surface area contributed by atoms with E-state index in [4.69, 9.17) is 18.6 Å². The Labute approximate surface area is 203 Å². The van der Waals surface area contributed by atoms with Gasteiger partial charge in [-0.25, -0.2) is 4.98 Å². The van der Waals surface area contributed by atoms with E-state index in [2.05, 4.69) is 26.2 Å². The Morgan fingerprint density at radius 2 is 1.34 bits per heavy atom.